The van der Waals surface area contributed by atoms with Crippen LogP contribution in [0.5, 0.6) is 0 Å². The van der Waals surface area contributed by atoms with Gasteiger partial charge in [-0.05, 0) is 123 Å². The number of allylic oxidation sites excluding steroid dienone is 1. The van der Waals surface area contributed by atoms with Crippen molar-refractivity contribution >= 4 is 45.8 Å². The molecule has 0 spiro atoms. The van der Waals surface area contributed by atoms with Gasteiger partial charge < -0.3 is 10.0 Å². The first kappa shape index (κ1) is 30.9. The third-order valence-corrected chi connectivity index (χ3v) is 10.3. The zero-order chi connectivity index (χ0) is 31.5. The fraction of sp³-hybridized carbons (Fsp3) is 0.368. The highest BCUT2D eigenvalue weighted by Crippen LogP contribution is 2.43. The molecule has 2 aliphatic rings. The lowest BCUT2D eigenvalue weighted by molar-refractivity contribution is -0.131. The number of likely N-dealkylation sites (tertiary alicyclic amines) is 1. The Kier molecular flexibility index (Phi) is 9.27. The van der Waals surface area contributed by atoms with Gasteiger partial charge in [-0.2, -0.15) is 0 Å². The highest BCUT2D eigenvalue weighted by molar-refractivity contribution is 7.15. The molecule has 0 unspecified atom stereocenters. The maximum Gasteiger partial charge on any atom is 0.328 e. The van der Waals surface area contributed by atoms with Crippen molar-refractivity contribution < 1.29 is 14.7 Å². The predicted molar refractivity (Wildman–Crippen MR) is 184 cm³/mol. The minimum Gasteiger partial charge on any atom is -0.478 e. The summed E-state index contributed by atoms with van der Waals surface area (Å²) in [6.45, 7) is 7.50. The van der Waals surface area contributed by atoms with Gasteiger partial charge in [-0.1, -0.05) is 37.5 Å². The Balaban J connectivity index is 1.49. The average Bonchev–Trinajstić information content (AvgIpc) is 3.40. The maximum atomic E-state index is 13.3. The Bertz CT molecular complexity index is 1810. The fourth-order valence-electron chi connectivity index (χ4n) is 6.94. The van der Waals surface area contributed by atoms with Crippen LogP contribution in [-0.4, -0.2) is 44.9 Å². The molecule has 232 valence electrons. The van der Waals surface area contributed by atoms with Crippen molar-refractivity contribution in [3.8, 4) is 21.7 Å². The van der Waals surface area contributed by atoms with E-state index in [0.29, 0.717) is 11.5 Å². The molecule has 6 nitrogen and oxygen atoms in total. The molecule has 2 aromatic heterocycles. The number of rotatable bonds is 7. The van der Waals surface area contributed by atoms with Gasteiger partial charge in [0.05, 0.1) is 26.8 Å². The van der Waals surface area contributed by atoms with E-state index >= 15 is 0 Å². The Morgan fingerprint density at radius 3 is 2.40 bits per heavy atom. The first-order chi connectivity index (χ1) is 21.8. The quantitative estimate of drug-likeness (QED) is 0.209. The Morgan fingerprint density at radius 2 is 1.69 bits per heavy atom. The van der Waals surface area contributed by atoms with Gasteiger partial charge in [0.15, 0.2) is 0 Å². The number of carbonyl (C=O) groups excluding carboxylic acids is 1. The van der Waals surface area contributed by atoms with Crippen LogP contribution in [0.2, 0.25) is 0 Å². The van der Waals surface area contributed by atoms with E-state index in [0.717, 1.165) is 93.2 Å². The van der Waals surface area contributed by atoms with Crippen LogP contribution in [-0.2, 0) is 9.59 Å². The molecule has 1 saturated heterocycles. The molecule has 2 aromatic carbocycles. The van der Waals surface area contributed by atoms with Gasteiger partial charge in [0, 0.05) is 30.6 Å². The van der Waals surface area contributed by atoms with Gasteiger partial charge in [0.1, 0.15) is 0 Å². The van der Waals surface area contributed by atoms with Crippen LogP contribution in [0.3, 0.4) is 0 Å². The molecule has 0 bridgehead atoms. The molecule has 1 amide bonds. The summed E-state index contributed by atoms with van der Waals surface area (Å²) in [5.41, 5.74) is 8.82. The number of carboxylic acid groups (broad SMARTS) is 1. The number of hydrogen-bond donors (Lipinski definition) is 1. The van der Waals surface area contributed by atoms with Crippen molar-refractivity contribution in [2.45, 2.75) is 78.1 Å². The monoisotopic (exact) mass is 619 g/mol. The maximum absolute atomic E-state index is 13.3. The van der Waals surface area contributed by atoms with Crippen molar-refractivity contribution in [2.24, 2.45) is 0 Å². The summed E-state index contributed by atoms with van der Waals surface area (Å²) >= 11 is 1.67. The van der Waals surface area contributed by atoms with Crippen LogP contribution in [0.25, 0.3) is 44.3 Å². The minimum atomic E-state index is -0.960. The van der Waals surface area contributed by atoms with Crippen LogP contribution < -0.4 is 0 Å². The summed E-state index contributed by atoms with van der Waals surface area (Å²) < 4.78 is 0. The molecule has 1 aliphatic heterocycles. The third-order valence-electron chi connectivity index (χ3n) is 9.23. The Morgan fingerprint density at radius 1 is 0.933 bits per heavy atom. The van der Waals surface area contributed by atoms with Crippen molar-refractivity contribution in [3.63, 3.8) is 0 Å². The largest absolute Gasteiger partial charge is 0.478 e. The number of hydrogen-bond acceptors (Lipinski definition) is 5. The number of fused-ring (bicyclic) bond motifs is 1. The lowest BCUT2D eigenvalue weighted by Gasteiger charge is -2.27. The third kappa shape index (κ3) is 6.94. The lowest BCUT2D eigenvalue weighted by atomic mass is 9.78. The first-order valence-electron chi connectivity index (χ1n) is 16.2. The average molecular weight is 620 g/mol. The van der Waals surface area contributed by atoms with Gasteiger partial charge in [0.25, 0.3) is 0 Å². The molecule has 3 heterocycles. The number of carboxylic acids is 1. The van der Waals surface area contributed by atoms with E-state index in [4.69, 9.17) is 4.98 Å². The number of carbonyl (C=O) groups is 2. The molecule has 0 radical (unpaired) electrons. The molecule has 45 heavy (non-hydrogen) atoms. The van der Waals surface area contributed by atoms with Gasteiger partial charge >= 0.3 is 5.97 Å². The van der Waals surface area contributed by atoms with Crippen molar-refractivity contribution in [1.29, 1.82) is 0 Å². The zero-order valence-corrected chi connectivity index (χ0v) is 27.3. The summed E-state index contributed by atoms with van der Waals surface area (Å²) in [4.78, 5) is 37.5. The van der Waals surface area contributed by atoms with Crippen LogP contribution in [0.1, 0.15) is 91.6 Å². The molecule has 1 aliphatic carbocycles. The second kappa shape index (κ2) is 13.5. The second-order valence-electron chi connectivity index (χ2n) is 12.5. The topological polar surface area (TPSA) is 83.4 Å². The molecule has 6 rings (SSSR count). The normalized spacial score (nSPS) is 16.5. The highest BCUT2D eigenvalue weighted by Gasteiger charge is 2.23. The van der Waals surface area contributed by atoms with Crippen LogP contribution in [0.15, 0.2) is 54.6 Å². The van der Waals surface area contributed by atoms with Gasteiger partial charge in [0.2, 0.25) is 5.91 Å². The summed E-state index contributed by atoms with van der Waals surface area (Å²) in [5.74, 6) is -0.560. The molecular formula is C38H41N3O3S. The van der Waals surface area contributed by atoms with Gasteiger partial charge in [-0.3, -0.25) is 4.79 Å². The summed E-state index contributed by atoms with van der Waals surface area (Å²) in [6.07, 6.45) is 14.0. The van der Waals surface area contributed by atoms with E-state index in [2.05, 4.69) is 47.4 Å². The molecular weight excluding hydrogens is 579 g/mol. The van der Waals surface area contributed by atoms with Crippen molar-refractivity contribution in [3.05, 3.63) is 82.0 Å². The van der Waals surface area contributed by atoms with Crippen molar-refractivity contribution in [1.82, 2.24) is 14.9 Å². The standard InChI is InChI=1S/C38H41N3O3S/c1-24(20-36(43)44)31-22-30(14-17-35(42)41-18-8-5-9-19-41)37(32(23-31)27-10-6-4-7-11-27)29-13-15-33-28(21-29)12-16-34(40-33)38-25(2)39-26(3)45-38/h12-17,20-23,27H,4-11,18-19H2,1-3H3,(H,43,44)/b17-14+,24-20+. The summed E-state index contributed by atoms with van der Waals surface area (Å²) in [7, 11) is 0. The molecule has 1 N–H and O–H groups in total. The number of piperidine rings is 1. The van der Waals surface area contributed by atoms with Crippen LogP contribution >= 0.6 is 11.3 Å². The van der Waals surface area contributed by atoms with E-state index in [1.54, 1.807) is 17.4 Å². The predicted octanol–water partition coefficient (Wildman–Crippen LogP) is 9.20. The minimum absolute atomic E-state index is 0.0342. The van der Waals surface area contributed by atoms with E-state index < -0.39 is 5.97 Å². The summed E-state index contributed by atoms with van der Waals surface area (Å²) in [6, 6.07) is 14.9. The first-order valence-corrected chi connectivity index (χ1v) is 17.0. The number of thiazole rings is 1. The molecule has 2 fully saturated rings. The van der Waals surface area contributed by atoms with E-state index in [1.807, 2.05) is 31.7 Å². The number of aromatic nitrogens is 2. The van der Waals surface area contributed by atoms with E-state index in [1.165, 1.54) is 37.3 Å². The fourth-order valence-corrected chi connectivity index (χ4v) is 7.83. The van der Waals surface area contributed by atoms with Gasteiger partial charge in [-0.15, -0.1) is 11.3 Å². The summed E-state index contributed by atoms with van der Waals surface area (Å²) in [5, 5.41) is 11.6. The van der Waals surface area contributed by atoms with E-state index in [-0.39, 0.29) is 5.91 Å². The Labute approximate surface area is 269 Å². The number of benzene rings is 2. The Hall–Kier alpha value is -4.10. The number of aryl methyl sites for hydroxylation is 2. The number of aliphatic carboxylic acids is 1. The molecule has 0 atom stereocenters. The zero-order valence-electron chi connectivity index (χ0n) is 26.4. The van der Waals surface area contributed by atoms with Crippen LogP contribution in [0, 0.1) is 13.8 Å². The lowest BCUT2D eigenvalue weighted by Crippen LogP contribution is -2.34. The number of pyridine rings is 1. The van der Waals surface area contributed by atoms with E-state index in [9.17, 15) is 14.7 Å². The van der Waals surface area contributed by atoms with Crippen LogP contribution in [0.4, 0.5) is 0 Å². The second-order valence-corrected chi connectivity index (χ2v) is 13.7. The SMILES string of the molecule is C/C(=C\C(=O)O)c1cc(/C=C/C(=O)N2CCCCC2)c(-c2ccc3nc(-c4sc(C)nc4C)ccc3c2)c(C2CCCCC2)c1. The highest BCUT2D eigenvalue weighted by atomic mass is 32.1. The number of nitrogens with zero attached hydrogens (tertiary/aromatic N) is 3. The molecule has 4 aromatic rings. The molecule has 1 saturated carbocycles. The van der Waals surface area contributed by atoms with Crippen molar-refractivity contribution in [2.75, 3.05) is 13.1 Å². The van der Waals surface area contributed by atoms with Gasteiger partial charge in [-0.25, -0.2) is 14.8 Å². The number of amides is 1. The molecule has 7 heteroatoms. The smallest absolute Gasteiger partial charge is 0.328 e.